The second-order valence-corrected chi connectivity index (χ2v) is 5.96. The van der Waals surface area contributed by atoms with E-state index in [0.29, 0.717) is 4.83 Å². The van der Waals surface area contributed by atoms with Crippen LogP contribution in [0.1, 0.15) is 31.9 Å². The van der Waals surface area contributed by atoms with E-state index in [9.17, 15) is 0 Å². The maximum Gasteiger partial charge on any atom is 0.0830 e. The molecular formula is C11H18BrN3. The molecule has 1 aliphatic rings. The van der Waals surface area contributed by atoms with Crippen LogP contribution < -0.4 is 0 Å². The molecule has 1 saturated carbocycles. The fourth-order valence-corrected chi connectivity index (χ4v) is 3.10. The van der Waals surface area contributed by atoms with Crippen LogP contribution in [0.5, 0.6) is 0 Å². The van der Waals surface area contributed by atoms with Crippen LogP contribution in [0.4, 0.5) is 0 Å². The quantitative estimate of drug-likeness (QED) is 0.775. The molecule has 1 heterocycles. The molecule has 1 fully saturated rings. The summed E-state index contributed by atoms with van der Waals surface area (Å²) in [6.07, 6.45) is 7.05. The molecule has 0 radical (unpaired) electrons. The van der Waals surface area contributed by atoms with Crippen LogP contribution in [-0.2, 0) is 13.5 Å². The van der Waals surface area contributed by atoms with Crippen molar-refractivity contribution in [2.24, 2.45) is 18.9 Å². The number of aryl methyl sites for hydroxylation is 1. The van der Waals surface area contributed by atoms with E-state index in [0.717, 1.165) is 24.0 Å². The summed E-state index contributed by atoms with van der Waals surface area (Å²) in [7, 11) is 1.92. The minimum Gasteiger partial charge on any atom is -0.255 e. The number of alkyl halides is 1. The Morgan fingerprint density at radius 2 is 2.33 bits per heavy atom. The Bertz CT molecular complexity index is 323. The Labute approximate surface area is 99.4 Å². The lowest BCUT2D eigenvalue weighted by Crippen LogP contribution is -2.25. The molecule has 84 valence electrons. The first-order valence-electron chi connectivity index (χ1n) is 5.64. The van der Waals surface area contributed by atoms with Crippen molar-refractivity contribution < 1.29 is 0 Å². The van der Waals surface area contributed by atoms with Gasteiger partial charge in [-0.2, -0.15) is 0 Å². The van der Waals surface area contributed by atoms with Gasteiger partial charge in [-0.05, 0) is 37.5 Å². The van der Waals surface area contributed by atoms with Crippen LogP contribution in [0, 0.1) is 11.8 Å². The first-order valence-corrected chi connectivity index (χ1v) is 6.56. The average molecular weight is 272 g/mol. The average Bonchev–Trinajstić information content (AvgIpc) is 2.58. The zero-order valence-corrected chi connectivity index (χ0v) is 10.9. The molecule has 2 rings (SSSR count). The topological polar surface area (TPSA) is 30.7 Å². The van der Waals surface area contributed by atoms with Gasteiger partial charge in [0, 0.05) is 18.1 Å². The van der Waals surface area contributed by atoms with Crippen LogP contribution in [0.2, 0.25) is 0 Å². The van der Waals surface area contributed by atoms with Crippen LogP contribution in [0.25, 0.3) is 0 Å². The molecule has 1 aromatic rings. The molecule has 4 heteroatoms. The molecule has 15 heavy (non-hydrogen) atoms. The van der Waals surface area contributed by atoms with E-state index < -0.39 is 0 Å². The monoisotopic (exact) mass is 271 g/mol. The van der Waals surface area contributed by atoms with Gasteiger partial charge in [0.2, 0.25) is 0 Å². The molecule has 3 atom stereocenters. The Morgan fingerprint density at radius 3 is 3.00 bits per heavy atom. The maximum atomic E-state index is 4.16. The molecule has 1 aromatic heterocycles. The summed E-state index contributed by atoms with van der Waals surface area (Å²) in [4.78, 5) is 0.663. The highest BCUT2D eigenvalue weighted by molar-refractivity contribution is 9.09. The van der Waals surface area contributed by atoms with Gasteiger partial charge in [0.1, 0.15) is 0 Å². The molecule has 3 unspecified atom stereocenters. The van der Waals surface area contributed by atoms with E-state index in [1.807, 2.05) is 13.2 Å². The molecular weight excluding hydrogens is 254 g/mol. The lowest BCUT2D eigenvalue weighted by atomic mass is 9.80. The Morgan fingerprint density at radius 1 is 1.53 bits per heavy atom. The fourth-order valence-electron chi connectivity index (χ4n) is 2.43. The minimum atomic E-state index is 0.663. The molecule has 1 aliphatic carbocycles. The van der Waals surface area contributed by atoms with Crippen LogP contribution in [0.3, 0.4) is 0 Å². The third-order valence-corrected chi connectivity index (χ3v) is 4.48. The lowest BCUT2D eigenvalue weighted by Gasteiger charge is -2.30. The van der Waals surface area contributed by atoms with E-state index in [2.05, 4.69) is 33.2 Å². The third-order valence-electron chi connectivity index (χ3n) is 3.27. The summed E-state index contributed by atoms with van der Waals surface area (Å²) in [6, 6.07) is 0. The summed E-state index contributed by atoms with van der Waals surface area (Å²) in [5, 5.41) is 8.14. The van der Waals surface area contributed by atoms with Crippen molar-refractivity contribution in [2.45, 2.75) is 37.4 Å². The molecule has 0 N–H and O–H groups in total. The molecule has 0 bridgehead atoms. The Kier molecular flexibility index (Phi) is 3.44. The summed E-state index contributed by atoms with van der Waals surface area (Å²) < 4.78 is 1.78. The second-order valence-electron chi connectivity index (χ2n) is 4.78. The van der Waals surface area contributed by atoms with Gasteiger partial charge in [0.25, 0.3) is 0 Å². The number of halogens is 1. The van der Waals surface area contributed by atoms with Gasteiger partial charge in [-0.3, -0.25) is 4.68 Å². The van der Waals surface area contributed by atoms with E-state index in [1.165, 1.54) is 19.3 Å². The first-order chi connectivity index (χ1) is 7.15. The smallest absolute Gasteiger partial charge is 0.0830 e. The number of nitrogens with zero attached hydrogens (tertiary/aromatic N) is 3. The van der Waals surface area contributed by atoms with Crippen molar-refractivity contribution in [3.63, 3.8) is 0 Å². The Hall–Kier alpha value is -0.380. The highest BCUT2D eigenvalue weighted by Crippen LogP contribution is 2.35. The Balaban J connectivity index is 1.98. The standard InChI is InChI=1S/C11H18BrN3/c1-8-3-4-11(12)9(5-8)6-10-7-15(2)14-13-10/h7-9,11H,3-6H2,1-2H3. The zero-order chi connectivity index (χ0) is 10.8. The largest absolute Gasteiger partial charge is 0.255 e. The molecule has 0 spiro atoms. The van der Waals surface area contributed by atoms with E-state index in [4.69, 9.17) is 0 Å². The molecule has 0 aromatic carbocycles. The number of hydrogen-bond acceptors (Lipinski definition) is 2. The SMILES string of the molecule is CC1CCC(Br)C(Cc2cn(C)nn2)C1. The van der Waals surface area contributed by atoms with Crippen molar-refractivity contribution in [2.75, 3.05) is 0 Å². The summed E-state index contributed by atoms with van der Waals surface area (Å²) >= 11 is 3.79. The first kappa shape index (κ1) is 11.1. The van der Waals surface area contributed by atoms with Crippen molar-refractivity contribution >= 4 is 15.9 Å². The minimum absolute atomic E-state index is 0.663. The van der Waals surface area contributed by atoms with E-state index >= 15 is 0 Å². The van der Waals surface area contributed by atoms with Gasteiger partial charge in [0.15, 0.2) is 0 Å². The van der Waals surface area contributed by atoms with Crippen LogP contribution in [-0.4, -0.2) is 19.8 Å². The van der Waals surface area contributed by atoms with Gasteiger partial charge in [-0.15, -0.1) is 5.10 Å². The van der Waals surface area contributed by atoms with Crippen molar-refractivity contribution in [1.82, 2.24) is 15.0 Å². The summed E-state index contributed by atoms with van der Waals surface area (Å²) in [5.41, 5.74) is 1.13. The third kappa shape index (κ3) is 2.80. The van der Waals surface area contributed by atoms with Gasteiger partial charge in [0.05, 0.1) is 5.69 Å². The maximum absolute atomic E-state index is 4.16. The van der Waals surface area contributed by atoms with Gasteiger partial charge >= 0.3 is 0 Å². The van der Waals surface area contributed by atoms with E-state index in [-0.39, 0.29) is 0 Å². The highest BCUT2D eigenvalue weighted by Gasteiger charge is 2.27. The predicted molar refractivity (Wildman–Crippen MR) is 63.9 cm³/mol. The normalized spacial score (nSPS) is 31.8. The van der Waals surface area contributed by atoms with Crippen molar-refractivity contribution in [1.29, 1.82) is 0 Å². The van der Waals surface area contributed by atoms with Crippen molar-refractivity contribution in [3.8, 4) is 0 Å². The fraction of sp³-hybridized carbons (Fsp3) is 0.818. The number of aromatic nitrogens is 3. The summed E-state index contributed by atoms with van der Waals surface area (Å²) in [6.45, 7) is 2.35. The zero-order valence-electron chi connectivity index (χ0n) is 9.36. The number of hydrogen-bond donors (Lipinski definition) is 0. The molecule has 0 aliphatic heterocycles. The van der Waals surface area contributed by atoms with Gasteiger partial charge in [-0.1, -0.05) is 28.1 Å². The lowest BCUT2D eigenvalue weighted by molar-refractivity contribution is 0.292. The molecule has 0 saturated heterocycles. The highest BCUT2D eigenvalue weighted by atomic mass is 79.9. The van der Waals surface area contributed by atoms with Gasteiger partial charge in [-0.25, -0.2) is 0 Å². The van der Waals surface area contributed by atoms with Crippen LogP contribution in [0.15, 0.2) is 6.20 Å². The second kappa shape index (κ2) is 4.64. The van der Waals surface area contributed by atoms with E-state index in [1.54, 1.807) is 4.68 Å². The molecule has 3 nitrogen and oxygen atoms in total. The van der Waals surface area contributed by atoms with Crippen LogP contribution >= 0.6 is 15.9 Å². The summed E-state index contributed by atoms with van der Waals surface area (Å²) in [5.74, 6) is 1.59. The molecule has 0 amide bonds. The predicted octanol–water partition coefficient (Wildman–Crippen LogP) is 2.56. The van der Waals surface area contributed by atoms with Crippen molar-refractivity contribution in [3.05, 3.63) is 11.9 Å². The van der Waals surface area contributed by atoms with Gasteiger partial charge < -0.3 is 0 Å². The number of rotatable bonds is 2.